The summed E-state index contributed by atoms with van der Waals surface area (Å²) in [6, 6.07) is 7.62. The van der Waals surface area contributed by atoms with Crippen LogP contribution >= 0.6 is 31.9 Å². The third kappa shape index (κ3) is 2.67. The van der Waals surface area contributed by atoms with Crippen LogP contribution in [0.5, 0.6) is 0 Å². The summed E-state index contributed by atoms with van der Waals surface area (Å²) in [7, 11) is 0. The van der Waals surface area contributed by atoms with E-state index in [1.807, 2.05) is 12.1 Å². The van der Waals surface area contributed by atoms with E-state index in [1.165, 1.54) is 0 Å². The lowest BCUT2D eigenvalue weighted by Crippen LogP contribution is -1.86. The van der Waals surface area contributed by atoms with Gasteiger partial charge in [0.05, 0.1) is 4.76 Å². The van der Waals surface area contributed by atoms with Crippen LogP contribution in [0.25, 0.3) is 6.05 Å². The Morgan fingerprint density at radius 2 is 2.09 bits per heavy atom. The maximum Gasteiger partial charge on any atom is 0.0647 e. The molecule has 1 aromatic rings. The van der Waals surface area contributed by atoms with E-state index in [4.69, 9.17) is 7.10 Å². The fraction of sp³-hybridized carbons (Fsp3) is 0. The van der Waals surface area contributed by atoms with Crippen LogP contribution in [0.15, 0.2) is 27.7 Å². The summed E-state index contributed by atoms with van der Waals surface area (Å²) in [5, 5.41) is 0. The SMILES string of the molecule is [2H]C(=C(Br)Br)c1ccccc1N. The molecule has 0 heterocycles. The Hall–Kier alpha value is -0.280. The first-order valence-corrected chi connectivity index (χ1v) is 4.58. The van der Waals surface area contributed by atoms with Gasteiger partial charge in [-0.3, -0.25) is 0 Å². The molecule has 0 atom stereocenters. The molecule has 0 saturated carbocycles. The fourth-order valence-electron chi connectivity index (χ4n) is 0.713. The largest absolute Gasteiger partial charge is 0.398 e. The van der Waals surface area contributed by atoms with Crippen LogP contribution in [0.4, 0.5) is 5.69 Å². The number of halogens is 2. The smallest absolute Gasteiger partial charge is 0.0647 e. The topological polar surface area (TPSA) is 26.0 Å². The van der Waals surface area contributed by atoms with Crippen molar-refractivity contribution in [2.75, 3.05) is 5.73 Å². The summed E-state index contributed by atoms with van der Waals surface area (Å²) in [5.41, 5.74) is 7.00. The predicted molar refractivity (Wildman–Crippen MR) is 56.7 cm³/mol. The second kappa shape index (κ2) is 3.93. The number of nitrogens with two attached hydrogens (primary N) is 1. The standard InChI is InChI=1S/C8H7Br2N/c9-8(10)5-6-3-1-2-4-7(6)11/h1-5H,11H2/i5D. The summed E-state index contributed by atoms with van der Waals surface area (Å²) in [6.45, 7) is 0. The summed E-state index contributed by atoms with van der Waals surface area (Å²) in [4.78, 5) is 0. The zero-order valence-electron chi connectivity index (χ0n) is 6.64. The Morgan fingerprint density at radius 3 is 2.64 bits per heavy atom. The molecule has 0 unspecified atom stereocenters. The molecule has 0 amide bonds. The van der Waals surface area contributed by atoms with Gasteiger partial charge in [-0.2, -0.15) is 0 Å². The first-order chi connectivity index (χ1) is 5.63. The normalized spacial score (nSPS) is 10.5. The summed E-state index contributed by atoms with van der Waals surface area (Å²) >= 11 is 6.33. The van der Waals surface area contributed by atoms with E-state index in [1.54, 1.807) is 12.1 Å². The molecule has 58 valence electrons. The summed E-state index contributed by atoms with van der Waals surface area (Å²) in [6.07, 6.45) is 0. The van der Waals surface area contributed by atoms with E-state index in [2.05, 4.69) is 31.9 Å². The van der Waals surface area contributed by atoms with Crippen LogP contribution in [0, 0.1) is 0 Å². The van der Waals surface area contributed by atoms with Gasteiger partial charge in [-0.1, -0.05) is 18.2 Å². The molecule has 1 rings (SSSR count). The molecular formula is C8H7Br2N. The summed E-state index contributed by atoms with van der Waals surface area (Å²) in [5.74, 6) is 0. The Morgan fingerprint density at radius 1 is 1.45 bits per heavy atom. The third-order valence-corrected chi connectivity index (χ3v) is 1.59. The lowest BCUT2D eigenvalue weighted by molar-refractivity contribution is 1.64. The van der Waals surface area contributed by atoms with Gasteiger partial charge >= 0.3 is 0 Å². The first kappa shape index (κ1) is 7.37. The van der Waals surface area contributed by atoms with Crippen molar-refractivity contribution in [3.8, 4) is 0 Å². The van der Waals surface area contributed by atoms with Crippen LogP contribution in [0.1, 0.15) is 6.93 Å². The molecule has 0 bridgehead atoms. The fourth-order valence-corrected chi connectivity index (χ4v) is 1.14. The van der Waals surface area contributed by atoms with Crippen molar-refractivity contribution in [3.05, 3.63) is 33.2 Å². The van der Waals surface area contributed by atoms with Crippen molar-refractivity contribution >= 4 is 43.6 Å². The Balaban J connectivity index is 3.21. The van der Waals surface area contributed by atoms with Crippen LogP contribution in [-0.4, -0.2) is 0 Å². The zero-order valence-corrected chi connectivity index (χ0v) is 8.81. The number of rotatable bonds is 1. The lowest BCUT2D eigenvalue weighted by Gasteiger charge is -1.97. The van der Waals surface area contributed by atoms with E-state index in [-0.39, 0.29) is 0 Å². The van der Waals surface area contributed by atoms with Crippen molar-refractivity contribution in [2.24, 2.45) is 0 Å². The van der Waals surface area contributed by atoms with Crippen molar-refractivity contribution in [2.45, 2.75) is 0 Å². The number of hydrogen-bond donors (Lipinski definition) is 1. The highest BCUT2D eigenvalue weighted by Gasteiger charge is 1.92. The van der Waals surface area contributed by atoms with Gasteiger partial charge in [-0.15, -0.1) is 0 Å². The highest BCUT2D eigenvalue weighted by Crippen LogP contribution is 2.21. The van der Waals surface area contributed by atoms with Crippen LogP contribution in [-0.2, 0) is 0 Å². The van der Waals surface area contributed by atoms with E-state index in [9.17, 15) is 0 Å². The maximum atomic E-state index is 7.61. The van der Waals surface area contributed by atoms with Gasteiger partial charge in [-0.05, 0) is 49.5 Å². The molecule has 0 aliphatic rings. The zero-order chi connectivity index (χ0) is 9.14. The van der Waals surface area contributed by atoms with Gasteiger partial charge in [-0.25, -0.2) is 0 Å². The molecule has 3 heteroatoms. The minimum atomic E-state index is 0.355. The Labute approximate surface area is 84.0 Å². The molecule has 0 spiro atoms. The molecule has 0 radical (unpaired) electrons. The minimum absolute atomic E-state index is 0.355. The second-order valence-corrected chi connectivity index (χ2v) is 4.62. The second-order valence-electron chi connectivity index (χ2n) is 1.97. The van der Waals surface area contributed by atoms with Crippen molar-refractivity contribution in [1.29, 1.82) is 0 Å². The van der Waals surface area contributed by atoms with E-state index in [0.29, 0.717) is 15.1 Å². The molecule has 1 nitrogen and oxygen atoms in total. The van der Waals surface area contributed by atoms with Gasteiger partial charge in [0.25, 0.3) is 0 Å². The van der Waals surface area contributed by atoms with Gasteiger partial charge in [0, 0.05) is 5.69 Å². The van der Waals surface area contributed by atoms with Gasteiger partial charge in [0.15, 0.2) is 0 Å². The van der Waals surface area contributed by atoms with Crippen LogP contribution in [0.2, 0.25) is 0 Å². The lowest BCUT2D eigenvalue weighted by atomic mass is 10.2. The molecular weight excluding hydrogens is 270 g/mol. The van der Waals surface area contributed by atoms with E-state index >= 15 is 0 Å². The Bertz CT molecular complexity index is 319. The van der Waals surface area contributed by atoms with E-state index in [0.717, 1.165) is 5.56 Å². The number of hydrogen-bond acceptors (Lipinski definition) is 1. The van der Waals surface area contributed by atoms with Gasteiger partial charge < -0.3 is 5.73 Å². The molecule has 0 fully saturated rings. The molecule has 0 aliphatic heterocycles. The molecule has 0 aliphatic carbocycles. The van der Waals surface area contributed by atoms with Crippen molar-refractivity contribution < 1.29 is 1.37 Å². The number of anilines is 1. The number of benzene rings is 1. The highest BCUT2D eigenvalue weighted by molar-refractivity contribution is 9.28. The molecule has 2 N–H and O–H groups in total. The Kier molecular flexibility index (Phi) is 2.63. The van der Waals surface area contributed by atoms with Crippen LogP contribution in [0.3, 0.4) is 0 Å². The monoisotopic (exact) mass is 276 g/mol. The maximum absolute atomic E-state index is 7.61. The average Bonchev–Trinajstić information content (AvgIpc) is 2.04. The first-order valence-electron chi connectivity index (χ1n) is 3.49. The predicted octanol–water partition coefficient (Wildman–Crippen LogP) is 3.36. The van der Waals surface area contributed by atoms with Crippen molar-refractivity contribution in [3.63, 3.8) is 0 Å². The molecule has 11 heavy (non-hydrogen) atoms. The number of para-hydroxylation sites is 1. The van der Waals surface area contributed by atoms with Gasteiger partial charge in [0.2, 0.25) is 0 Å². The third-order valence-electron chi connectivity index (χ3n) is 1.19. The van der Waals surface area contributed by atoms with E-state index < -0.39 is 0 Å². The van der Waals surface area contributed by atoms with Gasteiger partial charge in [0.1, 0.15) is 0 Å². The number of nitrogen functional groups attached to an aromatic ring is 1. The quantitative estimate of drug-likeness (QED) is 0.783. The average molecular weight is 278 g/mol. The molecule has 0 aromatic heterocycles. The highest BCUT2D eigenvalue weighted by atomic mass is 79.9. The minimum Gasteiger partial charge on any atom is -0.398 e. The summed E-state index contributed by atoms with van der Waals surface area (Å²) < 4.78 is 8.22. The molecule has 1 aromatic carbocycles. The van der Waals surface area contributed by atoms with Crippen molar-refractivity contribution in [1.82, 2.24) is 0 Å². The molecule has 0 saturated heterocycles. The van der Waals surface area contributed by atoms with Crippen LogP contribution < -0.4 is 5.73 Å².